The Bertz CT molecular complexity index is 960. The third-order valence-electron chi connectivity index (χ3n) is 6.96. The van der Waals surface area contributed by atoms with E-state index in [9.17, 15) is 9.59 Å². The molecule has 1 aliphatic heterocycles. The molecular weight excluding hydrogens is 440 g/mol. The van der Waals surface area contributed by atoms with Crippen LogP contribution in [0.2, 0.25) is 5.02 Å². The molecule has 0 radical (unpaired) electrons. The number of hydrogen-bond acceptors (Lipinski definition) is 5. The molecule has 2 aliphatic rings. The number of halogens is 1. The zero-order chi connectivity index (χ0) is 23.4. The summed E-state index contributed by atoms with van der Waals surface area (Å²) in [5.41, 5.74) is 7.86. The molecule has 2 atom stereocenters. The van der Waals surface area contributed by atoms with Crippen LogP contribution in [0.4, 0.5) is 4.79 Å². The van der Waals surface area contributed by atoms with Gasteiger partial charge >= 0.3 is 6.03 Å². The minimum Gasteiger partial charge on any atom is -0.322 e. The number of rotatable bonds is 6. The van der Waals surface area contributed by atoms with Crippen molar-refractivity contribution in [3.05, 3.63) is 41.2 Å². The maximum absolute atomic E-state index is 13.6. The normalized spacial score (nSPS) is 20.1. The average Bonchev–Trinajstić information content (AvgIpc) is 3.49. The van der Waals surface area contributed by atoms with Crippen LogP contribution >= 0.6 is 11.6 Å². The molecule has 0 bridgehead atoms. The van der Waals surface area contributed by atoms with Gasteiger partial charge in [-0.3, -0.25) is 9.69 Å². The first-order chi connectivity index (χ1) is 15.9. The molecule has 4 rings (SSSR count). The van der Waals surface area contributed by atoms with Crippen molar-refractivity contribution < 1.29 is 9.59 Å². The first-order valence-electron chi connectivity index (χ1n) is 12.0. The maximum Gasteiger partial charge on any atom is 0.327 e. The highest BCUT2D eigenvalue weighted by Crippen LogP contribution is 2.29. The number of urea groups is 1. The Hall–Kier alpha value is -2.45. The van der Waals surface area contributed by atoms with Gasteiger partial charge < -0.3 is 10.6 Å². The van der Waals surface area contributed by atoms with Crippen LogP contribution in [-0.4, -0.2) is 55.4 Å². The SMILES string of the molecule is C[C@@H]1CCCN1C(=O)N(Cc1cc(Cl)ccc1-n1ccnn1)C(=O)[C@H](N)CC1CCCCC1. The number of hydrogen-bond donors (Lipinski definition) is 1. The predicted octanol–water partition coefficient (Wildman–Crippen LogP) is 4.15. The van der Waals surface area contributed by atoms with Gasteiger partial charge in [0.15, 0.2) is 0 Å². The zero-order valence-corrected chi connectivity index (χ0v) is 20.0. The Labute approximate surface area is 200 Å². The van der Waals surface area contributed by atoms with Crippen molar-refractivity contribution in [3.63, 3.8) is 0 Å². The number of benzene rings is 1. The van der Waals surface area contributed by atoms with Crippen LogP contribution in [0.15, 0.2) is 30.6 Å². The average molecular weight is 473 g/mol. The van der Waals surface area contributed by atoms with Gasteiger partial charge in [0.2, 0.25) is 5.91 Å². The van der Waals surface area contributed by atoms with Crippen molar-refractivity contribution in [2.75, 3.05) is 6.54 Å². The Morgan fingerprint density at radius 3 is 2.67 bits per heavy atom. The smallest absolute Gasteiger partial charge is 0.322 e. The summed E-state index contributed by atoms with van der Waals surface area (Å²) in [6.45, 7) is 2.75. The number of carbonyl (C=O) groups is 2. The minimum atomic E-state index is -0.705. The molecule has 33 heavy (non-hydrogen) atoms. The molecule has 2 fully saturated rings. The van der Waals surface area contributed by atoms with E-state index in [4.69, 9.17) is 17.3 Å². The highest BCUT2D eigenvalue weighted by Gasteiger charge is 2.35. The molecule has 9 heteroatoms. The summed E-state index contributed by atoms with van der Waals surface area (Å²) in [4.78, 5) is 30.3. The second-order valence-corrected chi connectivity index (χ2v) is 9.79. The van der Waals surface area contributed by atoms with Crippen molar-refractivity contribution in [1.29, 1.82) is 0 Å². The molecule has 2 aromatic rings. The summed E-state index contributed by atoms with van der Waals surface area (Å²) in [5, 5.41) is 8.48. The molecule has 0 unspecified atom stereocenters. The summed E-state index contributed by atoms with van der Waals surface area (Å²) in [6, 6.07) is 4.45. The van der Waals surface area contributed by atoms with E-state index in [1.165, 1.54) is 24.2 Å². The second kappa shape index (κ2) is 10.7. The van der Waals surface area contributed by atoms with Crippen molar-refractivity contribution in [2.24, 2.45) is 11.7 Å². The predicted molar refractivity (Wildman–Crippen MR) is 127 cm³/mol. The van der Waals surface area contributed by atoms with E-state index >= 15 is 0 Å². The zero-order valence-electron chi connectivity index (χ0n) is 19.2. The third kappa shape index (κ3) is 5.55. The van der Waals surface area contributed by atoms with Gasteiger partial charge in [-0.2, -0.15) is 0 Å². The van der Waals surface area contributed by atoms with Gasteiger partial charge in [-0.25, -0.2) is 9.48 Å². The van der Waals surface area contributed by atoms with Crippen LogP contribution < -0.4 is 5.73 Å². The van der Waals surface area contributed by atoms with Crippen LogP contribution in [0.5, 0.6) is 0 Å². The molecule has 2 heterocycles. The second-order valence-electron chi connectivity index (χ2n) is 9.36. The molecule has 1 saturated heterocycles. The van der Waals surface area contributed by atoms with Crippen LogP contribution in [0.1, 0.15) is 63.9 Å². The Morgan fingerprint density at radius 1 is 1.21 bits per heavy atom. The van der Waals surface area contributed by atoms with E-state index in [1.54, 1.807) is 34.1 Å². The molecule has 1 aliphatic carbocycles. The minimum absolute atomic E-state index is 0.0784. The Morgan fingerprint density at radius 2 is 2.00 bits per heavy atom. The van der Waals surface area contributed by atoms with Gasteiger partial charge in [-0.1, -0.05) is 48.9 Å². The quantitative estimate of drug-likeness (QED) is 0.681. The molecule has 1 saturated carbocycles. The highest BCUT2D eigenvalue weighted by molar-refractivity contribution is 6.30. The van der Waals surface area contributed by atoms with Gasteiger partial charge in [0, 0.05) is 17.6 Å². The van der Waals surface area contributed by atoms with E-state index in [-0.39, 0.29) is 24.5 Å². The van der Waals surface area contributed by atoms with E-state index in [0.717, 1.165) is 31.4 Å². The fourth-order valence-corrected chi connectivity index (χ4v) is 5.30. The van der Waals surface area contributed by atoms with Crippen LogP contribution in [0, 0.1) is 5.92 Å². The van der Waals surface area contributed by atoms with Crippen molar-refractivity contribution >= 4 is 23.5 Å². The van der Waals surface area contributed by atoms with Gasteiger partial charge in [0.05, 0.1) is 30.7 Å². The lowest BCUT2D eigenvalue weighted by Crippen LogP contribution is -2.52. The molecular formula is C24H33ClN6O2. The van der Waals surface area contributed by atoms with Gasteiger partial charge in [0.1, 0.15) is 0 Å². The summed E-state index contributed by atoms with van der Waals surface area (Å²) in [7, 11) is 0. The maximum atomic E-state index is 13.6. The van der Waals surface area contributed by atoms with Crippen molar-refractivity contribution in [1.82, 2.24) is 24.8 Å². The number of amides is 3. The molecule has 3 amide bonds. The Kier molecular flexibility index (Phi) is 7.65. The van der Waals surface area contributed by atoms with Gasteiger partial charge in [0.25, 0.3) is 0 Å². The lowest BCUT2D eigenvalue weighted by Gasteiger charge is -2.32. The van der Waals surface area contributed by atoms with E-state index in [1.807, 2.05) is 13.0 Å². The standard InChI is InChI=1S/C24H33ClN6O2/c1-17-6-5-12-29(17)24(33)30(23(32)21(26)14-18-7-3-2-4-8-18)16-19-15-20(25)9-10-22(19)31-13-11-27-28-31/h9-11,13,15,17-18,21H,2-8,12,14,16,26H2,1H3/t17-,21-/m1/s1. The van der Waals surface area contributed by atoms with Crippen LogP contribution in [-0.2, 0) is 11.3 Å². The van der Waals surface area contributed by atoms with E-state index in [0.29, 0.717) is 29.5 Å². The van der Waals surface area contributed by atoms with Crippen LogP contribution in [0.3, 0.4) is 0 Å². The lowest BCUT2D eigenvalue weighted by atomic mass is 9.85. The van der Waals surface area contributed by atoms with E-state index in [2.05, 4.69) is 10.3 Å². The summed E-state index contributed by atoms with van der Waals surface area (Å²) in [5.74, 6) is 0.117. The number of nitrogens with two attached hydrogens (primary N) is 1. The summed E-state index contributed by atoms with van der Waals surface area (Å²) >= 11 is 6.29. The lowest BCUT2D eigenvalue weighted by molar-refractivity contribution is -0.131. The molecule has 0 spiro atoms. The third-order valence-corrected chi connectivity index (χ3v) is 7.20. The molecule has 1 aromatic carbocycles. The number of nitrogens with zero attached hydrogens (tertiary/aromatic N) is 5. The number of carbonyl (C=O) groups excluding carboxylic acids is 2. The van der Waals surface area contributed by atoms with Gasteiger partial charge in [-0.05, 0) is 55.9 Å². The number of imide groups is 1. The first-order valence-corrected chi connectivity index (χ1v) is 12.3. The molecule has 178 valence electrons. The molecule has 8 nitrogen and oxygen atoms in total. The molecule has 1 aromatic heterocycles. The van der Waals surface area contributed by atoms with E-state index < -0.39 is 6.04 Å². The fourth-order valence-electron chi connectivity index (χ4n) is 5.11. The highest BCUT2D eigenvalue weighted by atomic mass is 35.5. The topological polar surface area (TPSA) is 97.4 Å². The van der Waals surface area contributed by atoms with Gasteiger partial charge in [-0.15, -0.1) is 5.10 Å². The number of aromatic nitrogens is 3. The summed E-state index contributed by atoms with van der Waals surface area (Å²) < 4.78 is 1.61. The fraction of sp³-hybridized carbons (Fsp3) is 0.583. The van der Waals surface area contributed by atoms with Crippen molar-refractivity contribution in [3.8, 4) is 5.69 Å². The summed E-state index contributed by atoms with van der Waals surface area (Å²) in [6.07, 6.45) is 11.6. The largest absolute Gasteiger partial charge is 0.327 e. The monoisotopic (exact) mass is 472 g/mol. The molecule has 2 N–H and O–H groups in total. The Balaban J connectivity index is 1.61. The van der Waals surface area contributed by atoms with Crippen LogP contribution in [0.25, 0.3) is 5.69 Å². The first kappa shape index (κ1) is 23.7. The number of likely N-dealkylation sites (tertiary alicyclic amines) is 1. The van der Waals surface area contributed by atoms with Crippen molar-refractivity contribution in [2.45, 2.75) is 76.9 Å².